The van der Waals surface area contributed by atoms with Crippen molar-refractivity contribution in [3.63, 3.8) is 0 Å². The smallest absolute Gasteiger partial charge is 0.397 e. The molecule has 1 aliphatic carbocycles. The third-order valence-electron chi connectivity index (χ3n) is 5.10. The first kappa shape index (κ1) is 23.5. The van der Waals surface area contributed by atoms with Crippen molar-refractivity contribution < 1.29 is 36.3 Å². The zero-order valence-corrected chi connectivity index (χ0v) is 17.0. The molecular weight excluding hydrogens is 435 g/mol. The lowest BCUT2D eigenvalue weighted by atomic mass is 10.0. The number of nitrogens with one attached hydrogen (secondary N) is 2. The maximum atomic E-state index is 12.6. The van der Waals surface area contributed by atoms with E-state index in [-0.39, 0.29) is 18.6 Å². The lowest BCUT2D eigenvalue weighted by Crippen LogP contribution is -2.50. The molecule has 2 aromatic rings. The molecule has 0 aromatic heterocycles. The third kappa shape index (κ3) is 5.95. The minimum Gasteiger partial charge on any atom is -0.434 e. The van der Waals surface area contributed by atoms with Crippen LogP contribution in [0.2, 0.25) is 0 Å². The molecule has 5 nitrogen and oxygen atoms in total. The summed E-state index contributed by atoms with van der Waals surface area (Å²) in [6, 6.07) is 12.6. The molecule has 0 unspecified atom stereocenters. The number of halogens is 5. The van der Waals surface area contributed by atoms with E-state index in [9.17, 15) is 31.5 Å². The molecule has 0 aliphatic heterocycles. The van der Waals surface area contributed by atoms with Crippen LogP contribution in [-0.2, 0) is 9.59 Å². The standard InChI is InChI=1S/C22H21F5N2O3/c1-13(28-19(31)21(10-11-21)29-18(30)12-22(25,26)27)14-6-8-15(9-7-14)16-4-2-3-5-17(16)32-20(23)24/h2-9,13,20H,10-12H2,1H3,(H,28,31)(H,29,30)/t13-/m1/s1. The average molecular weight is 456 g/mol. The van der Waals surface area contributed by atoms with Gasteiger partial charge >= 0.3 is 12.8 Å². The van der Waals surface area contributed by atoms with E-state index in [1.54, 1.807) is 49.4 Å². The molecule has 3 rings (SSSR count). The van der Waals surface area contributed by atoms with Crippen LogP contribution in [0.4, 0.5) is 22.0 Å². The van der Waals surface area contributed by atoms with E-state index in [0.29, 0.717) is 16.7 Å². The van der Waals surface area contributed by atoms with Crippen LogP contribution in [0, 0.1) is 0 Å². The van der Waals surface area contributed by atoms with Gasteiger partial charge in [0, 0.05) is 5.56 Å². The van der Waals surface area contributed by atoms with Crippen LogP contribution in [0.25, 0.3) is 11.1 Å². The number of carbonyl (C=O) groups excluding carboxylic acids is 2. The summed E-state index contributed by atoms with van der Waals surface area (Å²) in [6.45, 7) is -1.27. The van der Waals surface area contributed by atoms with Crippen LogP contribution in [0.5, 0.6) is 5.75 Å². The molecule has 2 aromatic carbocycles. The van der Waals surface area contributed by atoms with Crippen molar-refractivity contribution >= 4 is 11.8 Å². The Kier molecular flexibility index (Phi) is 6.71. The number of hydrogen-bond donors (Lipinski definition) is 2. The molecule has 0 saturated heterocycles. The number of ether oxygens (including phenoxy) is 1. The molecule has 0 bridgehead atoms. The van der Waals surface area contributed by atoms with Gasteiger partial charge in [0.1, 0.15) is 17.7 Å². The Labute approximate surface area is 180 Å². The van der Waals surface area contributed by atoms with Crippen molar-refractivity contribution in [2.75, 3.05) is 0 Å². The summed E-state index contributed by atoms with van der Waals surface area (Å²) in [5, 5.41) is 4.89. The molecule has 1 atom stereocenters. The Morgan fingerprint density at radius 3 is 2.25 bits per heavy atom. The minimum atomic E-state index is -4.65. The van der Waals surface area contributed by atoms with Crippen LogP contribution in [0.1, 0.15) is 37.8 Å². The van der Waals surface area contributed by atoms with Crippen LogP contribution >= 0.6 is 0 Å². The molecular formula is C22H21F5N2O3. The second-order valence-corrected chi connectivity index (χ2v) is 7.61. The summed E-state index contributed by atoms with van der Waals surface area (Å²) in [6.07, 6.45) is -5.77. The fourth-order valence-electron chi connectivity index (χ4n) is 3.30. The van der Waals surface area contributed by atoms with E-state index in [1.165, 1.54) is 6.07 Å². The molecule has 0 spiro atoms. The molecule has 1 aliphatic rings. The minimum absolute atomic E-state index is 0.0295. The number of amides is 2. The number of carbonyl (C=O) groups is 2. The first-order chi connectivity index (χ1) is 15.0. The highest BCUT2D eigenvalue weighted by Gasteiger charge is 2.52. The number of hydrogen-bond acceptors (Lipinski definition) is 3. The SMILES string of the molecule is C[C@@H](NC(=O)C1(NC(=O)CC(F)(F)F)CC1)c1ccc(-c2ccccc2OC(F)F)cc1. The van der Waals surface area contributed by atoms with Crippen molar-refractivity contribution in [1.82, 2.24) is 10.6 Å². The topological polar surface area (TPSA) is 67.4 Å². The fourth-order valence-corrected chi connectivity index (χ4v) is 3.30. The van der Waals surface area contributed by atoms with E-state index < -0.39 is 42.6 Å². The zero-order chi connectivity index (χ0) is 23.5. The Bertz CT molecular complexity index is 972. The van der Waals surface area contributed by atoms with Gasteiger partial charge in [-0.25, -0.2) is 0 Å². The van der Waals surface area contributed by atoms with Crippen LogP contribution < -0.4 is 15.4 Å². The fraction of sp³-hybridized carbons (Fsp3) is 0.364. The predicted octanol–water partition coefficient (Wildman–Crippen LogP) is 4.73. The van der Waals surface area contributed by atoms with Crippen molar-refractivity contribution in [3.8, 4) is 16.9 Å². The lowest BCUT2D eigenvalue weighted by molar-refractivity contribution is -0.155. The predicted molar refractivity (Wildman–Crippen MR) is 106 cm³/mol. The Morgan fingerprint density at radius 1 is 1.06 bits per heavy atom. The second-order valence-electron chi connectivity index (χ2n) is 7.61. The van der Waals surface area contributed by atoms with Gasteiger partial charge in [0.2, 0.25) is 11.8 Å². The lowest BCUT2D eigenvalue weighted by Gasteiger charge is -2.21. The summed E-state index contributed by atoms with van der Waals surface area (Å²) in [7, 11) is 0. The van der Waals surface area contributed by atoms with Gasteiger partial charge in [-0.3, -0.25) is 9.59 Å². The largest absolute Gasteiger partial charge is 0.434 e. The second kappa shape index (κ2) is 9.13. The Hall–Kier alpha value is -3.17. The number of para-hydroxylation sites is 1. The van der Waals surface area contributed by atoms with E-state index in [0.717, 1.165) is 0 Å². The number of benzene rings is 2. The van der Waals surface area contributed by atoms with Gasteiger partial charge in [-0.1, -0.05) is 42.5 Å². The summed E-state index contributed by atoms with van der Waals surface area (Å²) >= 11 is 0. The highest BCUT2D eigenvalue weighted by atomic mass is 19.4. The quantitative estimate of drug-likeness (QED) is 0.565. The highest BCUT2D eigenvalue weighted by molar-refractivity contribution is 5.94. The van der Waals surface area contributed by atoms with Gasteiger partial charge in [0.05, 0.1) is 6.04 Å². The van der Waals surface area contributed by atoms with Crippen LogP contribution in [-0.4, -0.2) is 30.1 Å². The van der Waals surface area contributed by atoms with Crippen molar-refractivity contribution in [3.05, 3.63) is 54.1 Å². The molecule has 10 heteroatoms. The maximum absolute atomic E-state index is 12.6. The van der Waals surface area contributed by atoms with Gasteiger partial charge in [0.25, 0.3) is 0 Å². The average Bonchev–Trinajstić information content (AvgIpc) is 3.47. The van der Waals surface area contributed by atoms with E-state index in [1.807, 2.05) is 0 Å². The van der Waals surface area contributed by atoms with E-state index in [2.05, 4.69) is 15.4 Å². The van der Waals surface area contributed by atoms with Gasteiger partial charge < -0.3 is 15.4 Å². The third-order valence-corrected chi connectivity index (χ3v) is 5.10. The molecule has 1 saturated carbocycles. The normalized spacial score (nSPS) is 15.7. The highest BCUT2D eigenvalue weighted by Crippen LogP contribution is 2.37. The molecule has 32 heavy (non-hydrogen) atoms. The van der Waals surface area contributed by atoms with Crippen LogP contribution in [0.15, 0.2) is 48.5 Å². The maximum Gasteiger partial charge on any atom is 0.397 e. The zero-order valence-electron chi connectivity index (χ0n) is 17.0. The van der Waals surface area contributed by atoms with Gasteiger partial charge in [-0.05, 0) is 37.0 Å². The molecule has 172 valence electrons. The monoisotopic (exact) mass is 456 g/mol. The summed E-state index contributed by atoms with van der Waals surface area (Å²) < 4.78 is 66.9. The molecule has 0 radical (unpaired) electrons. The number of alkyl halides is 5. The molecule has 1 fully saturated rings. The number of rotatable bonds is 8. The Balaban J connectivity index is 1.65. The van der Waals surface area contributed by atoms with Crippen molar-refractivity contribution in [1.29, 1.82) is 0 Å². The Morgan fingerprint density at radius 2 is 1.69 bits per heavy atom. The van der Waals surface area contributed by atoms with E-state index in [4.69, 9.17) is 0 Å². The summed E-state index contributed by atoms with van der Waals surface area (Å²) in [5.41, 5.74) is 0.468. The van der Waals surface area contributed by atoms with Gasteiger partial charge in [0.15, 0.2) is 0 Å². The van der Waals surface area contributed by atoms with Crippen LogP contribution in [0.3, 0.4) is 0 Å². The molecule has 0 heterocycles. The van der Waals surface area contributed by atoms with E-state index >= 15 is 0 Å². The summed E-state index contributed by atoms with van der Waals surface area (Å²) in [4.78, 5) is 24.1. The molecule has 2 amide bonds. The first-order valence-electron chi connectivity index (χ1n) is 9.82. The van der Waals surface area contributed by atoms with Gasteiger partial charge in [-0.2, -0.15) is 22.0 Å². The van der Waals surface area contributed by atoms with Crippen molar-refractivity contribution in [2.24, 2.45) is 0 Å². The first-order valence-corrected chi connectivity index (χ1v) is 9.82. The van der Waals surface area contributed by atoms with Gasteiger partial charge in [-0.15, -0.1) is 0 Å². The summed E-state index contributed by atoms with van der Waals surface area (Å²) in [5.74, 6) is -1.77. The molecule has 2 N–H and O–H groups in total. The van der Waals surface area contributed by atoms with Crippen molar-refractivity contribution in [2.45, 2.75) is 50.6 Å².